The average Bonchev–Trinajstić information content (AvgIpc) is 2.43. The third-order valence-electron chi connectivity index (χ3n) is 3.86. The molecular weight excluding hydrogens is 363 g/mol. The van der Waals surface area contributed by atoms with Crippen molar-refractivity contribution in [3.8, 4) is 5.88 Å². The summed E-state index contributed by atoms with van der Waals surface area (Å²) >= 11 is 0. The van der Waals surface area contributed by atoms with Crippen molar-refractivity contribution in [1.29, 1.82) is 0 Å². The Morgan fingerprint density at radius 2 is 1.92 bits per heavy atom. The average molecular weight is 375 g/mol. The molecule has 1 aliphatic rings. The van der Waals surface area contributed by atoms with Gasteiger partial charge in [0.05, 0.1) is 5.52 Å². The molecule has 3 rings (SSSR count). The molecule has 0 spiro atoms. The Hall–Kier alpha value is -2.43. The fraction of sp³-hybridized carbons (Fsp3) is 0.357. The van der Waals surface area contributed by atoms with Gasteiger partial charge in [-0.25, -0.2) is 0 Å². The van der Waals surface area contributed by atoms with Crippen LogP contribution in [0.5, 0.6) is 5.88 Å². The molecule has 1 aromatic carbocycles. The van der Waals surface area contributed by atoms with Crippen LogP contribution in [0, 0.1) is 0 Å². The van der Waals surface area contributed by atoms with E-state index >= 15 is 0 Å². The van der Waals surface area contributed by atoms with Crippen molar-refractivity contribution in [3.05, 3.63) is 29.8 Å². The lowest BCUT2D eigenvalue weighted by atomic mass is 9.90. The maximum Gasteiger partial charge on any atom is 0.534 e. The van der Waals surface area contributed by atoms with Crippen LogP contribution in [0.1, 0.15) is 18.4 Å². The minimum Gasteiger partial charge on any atom is -0.354 e. The number of rotatable bonds is 3. The topological polar surface area (TPSA) is 89.5 Å². The largest absolute Gasteiger partial charge is 0.534 e. The first kappa shape index (κ1) is 17.4. The SMILES string of the molecule is CC(=O)N1CC(c2ccc3nnc(OS(=O)(=O)C(F)(F)F)cc3c2)C1. The van der Waals surface area contributed by atoms with Gasteiger partial charge in [0.1, 0.15) is 0 Å². The molecule has 0 radical (unpaired) electrons. The molecule has 0 aliphatic carbocycles. The summed E-state index contributed by atoms with van der Waals surface area (Å²) in [5.74, 6) is -0.693. The zero-order valence-electron chi connectivity index (χ0n) is 12.8. The van der Waals surface area contributed by atoms with Crippen LogP contribution in [0.3, 0.4) is 0 Å². The van der Waals surface area contributed by atoms with E-state index in [0.29, 0.717) is 24.0 Å². The predicted molar refractivity (Wildman–Crippen MR) is 80.1 cm³/mol. The zero-order chi connectivity index (χ0) is 18.4. The van der Waals surface area contributed by atoms with E-state index in [1.165, 1.54) is 6.92 Å². The van der Waals surface area contributed by atoms with E-state index in [1.54, 1.807) is 23.1 Å². The van der Waals surface area contributed by atoms with Crippen LogP contribution in [0.25, 0.3) is 10.9 Å². The highest BCUT2D eigenvalue weighted by Crippen LogP contribution is 2.30. The lowest BCUT2D eigenvalue weighted by Gasteiger charge is -2.39. The maximum absolute atomic E-state index is 12.4. The first-order valence-corrected chi connectivity index (χ1v) is 8.51. The Balaban J connectivity index is 1.86. The summed E-state index contributed by atoms with van der Waals surface area (Å²) in [6.07, 6.45) is 0. The van der Waals surface area contributed by atoms with Crippen LogP contribution in [-0.2, 0) is 14.9 Å². The minimum atomic E-state index is -5.80. The lowest BCUT2D eigenvalue weighted by Crippen LogP contribution is -2.47. The van der Waals surface area contributed by atoms with E-state index in [1.807, 2.05) is 0 Å². The molecule has 2 aromatic rings. The standard InChI is InChI=1S/C14H12F3N3O4S/c1-8(21)20-6-11(7-20)9-2-3-12-10(4-9)5-13(19-18-12)24-25(22,23)14(15,16)17/h2-5,11H,6-7H2,1H3. The highest BCUT2D eigenvalue weighted by Gasteiger charge is 2.49. The normalized spacial score (nSPS) is 15.9. The van der Waals surface area contributed by atoms with Gasteiger partial charge in [0.15, 0.2) is 0 Å². The van der Waals surface area contributed by atoms with Crippen LogP contribution < -0.4 is 4.18 Å². The van der Waals surface area contributed by atoms with Crippen LogP contribution in [-0.4, -0.2) is 48.0 Å². The number of hydrogen-bond acceptors (Lipinski definition) is 6. The smallest absolute Gasteiger partial charge is 0.354 e. The fourth-order valence-electron chi connectivity index (χ4n) is 2.45. The molecule has 7 nitrogen and oxygen atoms in total. The quantitative estimate of drug-likeness (QED) is 0.600. The van der Waals surface area contributed by atoms with Gasteiger partial charge in [0.2, 0.25) is 5.91 Å². The summed E-state index contributed by atoms with van der Waals surface area (Å²) in [6.45, 7) is 2.56. The number of aromatic nitrogens is 2. The van der Waals surface area contributed by atoms with E-state index < -0.39 is 21.5 Å². The third-order valence-corrected chi connectivity index (χ3v) is 4.82. The van der Waals surface area contributed by atoms with Gasteiger partial charge in [0.25, 0.3) is 5.88 Å². The van der Waals surface area contributed by atoms with Crippen LogP contribution in [0.2, 0.25) is 0 Å². The Labute approximate surface area is 140 Å². The van der Waals surface area contributed by atoms with Gasteiger partial charge < -0.3 is 9.08 Å². The van der Waals surface area contributed by atoms with E-state index in [9.17, 15) is 26.4 Å². The molecule has 11 heteroatoms. The zero-order valence-corrected chi connectivity index (χ0v) is 13.6. The molecule has 1 aliphatic heterocycles. The van der Waals surface area contributed by atoms with Gasteiger partial charge in [0, 0.05) is 37.4 Å². The molecular formula is C14H12F3N3O4S. The molecule has 0 saturated carbocycles. The minimum absolute atomic E-state index is 0.0315. The summed E-state index contributed by atoms with van der Waals surface area (Å²) in [5, 5.41) is 7.40. The van der Waals surface area contributed by atoms with E-state index in [4.69, 9.17) is 0 Å². The van der Waals surface area contributed by atoms with Gasteiger partial charge in [-0.3, -0.25) is 4.79 Å². The monoisotopic (exact) mass is 375 g/mol. The Morgan fingerprint density at radius 3 is 2.52 bits per heavy atom. The molecule has 1 aromatic heterocycles. The number of alkyl halides is 3. The predicted octanol–water partition coefficient (Wildman–Crippen LogP) is 1.80. The number of nitrogens with zero attached hydrogens (tertiary/aromatic N) is 3. The second kappa shape index (κ2) is 5.83. The molecule has 1 amide bonds. The van der Waals surface area contributed by atoms with Gasteiger partial charge >= 0.3 is 15.6 Å². The third kappa shape index (κ3) is 3.36. The number of hydrogen-bond donors (Lipinski definition) is 0. The van der Waals surface area contributed by atoms with E-state index in [0.717, 1.165) is 11.6 Å². The Bertz CT molecular complexity index is 940. The number of fused-ring (bicyclic) bond motifs is 1. The second-order valence-corrected chi connectivity index (χ2v) is 7.14. The molecule has 0 N–H and O–H groups in total. The summed E-state index contributed by atoms with van der Waals surface area (Å²) in [5.41, 5.74) is -4.31. The van der Waals surface area contributed by atoms with Crippen molar-refractivity contribution in [2.45, 2.75) is 18.3 Å². The molecule has 1 fully saturated rings. The van der Waals surface area contributed by atoms with E-state index in [2.05, 4.69) is 14.4 Å². The molecule has 2 heterocycles. The molecule has 0 bridgehead atoms. The number of benzene rings is 1. The summed E-state index contributed by atoms with van der Waals surface area (Å²) in [6, 6.07) is 6.15. The van der Waals surface area contributed by atoms with Crippen LogP contribution in [0.15, 0.2) is 24.3 Å². The molecule has 0 atom stereocenters. The summed E-state index contributed by atoms with van der Waals surface area (Å²) < 4.78 is 63.2. The van der Waals surface area contributed by atoms with Gasteiger partial charge in [-0.2, -0.15) is 21.6 Å². The molecule has 1 saturated heterocycles. The van der Waals surface area contributed by atoms with Gasteiger partial charge in [-0.1, -0.05) is 6.07 Å². The number of carbonyl (C=O) groups is 1. The van der Waals surface area contributed by atoms with Gasteiger partial charge in [-0.05, 0) is 17.7 Å². The van der Waals surface area contributed by atoms with Crippen molar-refractivity contribution < 1.29 is 30.6 Å². The fourth-order valence-corrected chi connectivity index (χ4v) is 2.85. The van der Waals surface area contributed by atoms with Crippen molar-refractivity contribution in [1.82, 2.24) is 15.1 Å². The van der Waals surface area contributed by atoms with Crippen molar-refractivity contribution in [3.63, 3.8) is 0 Å². The van der Waals surface area contributed by atoms with Crippen LogP contribution >= 0.6 is 0 Å². The van der Waals surface area contributed by atoms with E-state index in [-0.39, 0.29) is 11.8 Å². The number of carbonyl (C=O) groups excluding carboxylic acids is 1. The number of likely N-dealkylation sites (tertiary alicyclic amines) is 1. The number of halogens is 3. The second-order valence-electron chi connectivity index (χ2n) is 5.60. The number of amides is 1. The first-order valence-electron chi connectivity index (χ1n) is 7.10. The first-order chi connectivity index (χ1) is 11.6. The summed E-state index contributed by atoms with van der Waals surface area (Å²) in [4.78, 5) is 12.9. The summed E-state index contributed by atoms with van der Waals surface area (Å²) in [7, 11) is -5.80. The highest BCUT2D eigenvalue weighted by molar-refractivity contribution is 7.87. The van der Waals surface area contributed by atoms with Gasteiger partial charge in [-0.15, -0.1) is 10.2 Å². The maximum atomic E-state index is 12.4. The highest BCUT2D eigenvalue weighted by atomic mass is 32.2. The Kier molecular flexibility index (Phi) is 4.06. The van der Waals surface area contributed by atoms with Crippen molar-refractivity contribution >= 4 is 26.9 Å². The lowest BCUT2D eigenvalue weighted by molar-refractivity contribution is -0.133. The molecule has 0 unspecified atom stereocenters. The van der Waals surface area contributed by atoms with Crippen LogP contribution in [0.4, 0.5) is 13.2 Å². The molecule has 25 heavy (non-hydrogen) atoms. The van der Waals surface area contributed by atoms with Crippen molar-refractivity contribution in [2.75, 3.05) is 13.1 Å². The molecule has 134 valence electrons. The van der Waals surface area contributed by atoms with Crippen molar-refractivity contribution in [2.24, 2.45) is 0 Å². The Morgan fingerprint density at radius 1 is 1.24 bits per heavy atom.